The van der Waals surface area contributed by atoms with Gasteiger partial charge < -0.3 is 4.74 Å². The largest absolute Gasteiger partial charge is 0.497 e. The first-order valence-corrected chi connectivity index (χ1v) is 5.00. The van der Waals surface area contributed by atoms with Gasteiger partial charge in [-0.25, -0.2) is 4.79 Å². The third-order valence-electron chi connectivity index (χ3n) is 2.43. The molecule has 2 aromatic rings. The van der Waals surface area contributed by atoms with E-state index in [9.17, 15) is 4.79 Å². The van der Waals surface area contributed by atoms with E-state index >= 15 is 0 Å². The molecule has 0 amide bonds. The number of benzene rings is 1. The molecule has 0 saturated carbocycles. The summed E-state index contributed by atoms with van der Waals surface area (Å²) >= 11 is 0. The van der Waals surface area contributed by atoms with Gasteiger partial charge in [0.15, 0.2) is 0 Å². The second kappa shape index (κ2) is 4.63. The maximum atomic E-state index is 10.3. The van der Waals surface area contributed by atoms with E-state index in [-0.39, 0.29) is 0 Å². The Bertz CT molecular complexity index is 583. The van der Waals surface area contributed by atoms with E-state index in [1.165, 1.54) is 12.3 Å². The molecule has 0 unspecified atom stereocenters. The van der Waals surface area contributed by atoms with Gasteiger partial charge in [-0.1, -0.05) is 12.1 Å². The molecule has 0 fully saturated rings. The minimum Gasteiger partial charge on any atom is -0.497 e. The number of aromatic nitrogens is 2. The number of carbonyl (C=O) groups excluding carboxylic acids is 1. The van der Waals surface area contributed by atoms with Crippen LogP contribution in [0.25, 0.3) is 11.3 Å². The molecule has 0 spiro atoms. The van der Waals surface area contributed by atoms with E-state index in [0.29, 0.717) is 5.69 Å². The molecular weight excluding hydrogens is 218 g/mol. The number of hydrogen-bond donors (Lipinski definition) is 0. The molecule has 2 rings (SSSR count). The number of ether oxygens (including phenoxy) is 1. The molecule has 5 nitrogen and oxygen atoms in total. The SMILES string of the molecule is COc1cccc(-c2c(N=C=O)cnn2C)c1. The zero-order chi connectivity index (χ0) is 12.3. The number of aryl methyl sites for hydroxylation is 1. The Morgan fingerprint density at radius 2 is 2.29 bits per heavy atom. The molecule has 0 saturated heterocycles. The van der Waals surface area contributed by atoms with Crippen LogP contribution in [-0.2, 0) is 11.8 Å². The molecule has 1 aromatic heterocycles. The quantitative estimate of drug-likeness (QED) is 0.598. The van der Waals surface area contributed by atoms with Gasteiger partial charge >= 0.3 is 0 Å². The van der Waals surface area contributed by atoms with Crippen molar-refractivity contribution in [2.75, 3.05) is 7.11 Å². The highest BCUT2D eigenvalue weighted by Crippen LogP contribution is 2.31. The molecule has 0 radical (unpaired) electrons. The van der Waals surface area contributed by atoms with Gasteiger partial charge in [-0.15, -0.1) is 0 Å². The van der Waals surface area contributed by atoms with E-state index in [2.05, 4.69) is 10.1 Å². The van der Waals surface area contributed by atoms with E-state index in [1.54, 1.807) is 18.8 Å². The Kier molecular flexibility index (Phi) is 3.03. The van der Waals surface area contributed by atoms with Gasteiger partial charge in [-0.2, -0.15) is 10.1 Å². The van der Waals surface area contributed by atoms with Gasteiger partial charge in [0.05, 0.1) is 19.0 Å². The van der Waals surface area contributed by atoms with Gasteiger partial charge in [-0.3, -0.25) is 4.68 Å². The zero-order valence-electron chi connectivity index (χ0n) is 9.54. The first-order valence-electron chi connectivity index (χ1n) is 5.00. The number of nitrogens with zero attached hydrogens (tertiary/aromatic N) is 3. The molecule has 0 aliphatic rings. The monoisotopic (exact) mass is 229 g/mol. The van der Waals surface area contributed by atoms with Crippen molar-refractivity contribution in [2.45, 2.75) is 0 Å². The number of aliphatic imine (C=N–C) groups is 1. The van der Waals surface area contributed by atoms with Gasteiger partial charge in [0.2, 0.25) is 6.08 Å². The zero-order valence-corrected chi connectivity index (χ0v) is 9.54. The van der Waals surface area contributed by atoms with Gasteiger partial charge in [0.1, 0.15) is 11.4 Å². The average molecular weight is 229 g/mol. The lowest BCUT2D eigenvalue weighted by molar-refractivity contribution is 0.415. The summed E-state index contributed by atoms with van der Waals surface area (Å²) in [5.74, 6) is 0.740. The fraction of sp³-hybridized carbons (Fsp3) is 0.167. The minimum absolute atomic E-state index is 0.496. The lowest BCUT2D eigenvalue weighted by Crippen LogP contribution is -1.93. The molecule has 0 bridgehead atoms. The minimum atomic E-state index is 0.496. The maximum absolute atomic E-state index is 10.3. The van der Waals surface area contributed by atoms with Gasteiger partial charge in [0, 0.05) is 12.6 Å². The van der Waals surface area contributed by atoms with Gasteiger partial charge in [0.25, 0.3) is 0 Å². The van der Waals surface area contributed by atoms with Crippen LogP contribution >= 0.6 is 0 Å². The van der Waals surface area contributed by atoms with Crippen LogP contribution in [0.2, 0.25) is 0 Å². The fourth-order valence-electron chi connectivity index (χ4n) is 1.66. The van der Waals surface area contributed by atoms with Crippen molar-refractivity contribution < 1.29 is 9.53 Å². The summed E-state index contributed by atoms with van der Waals surface area (Å²) in [4.78, 5) is 14.0. The summed E-state index contributed by atoms with van der Waals surface area (Å²) < 4.78 is 6.81. The van der Waals surface area contributed by atoms with E-state index < -0.39 is 0 Å². The molecule has 1 heterocycles. The second-order valence-corrected chi connectivity index (χ2v) is 3.44. The Morgan fingerprint density at radius 1 is 1.47 bits per heavy atom. The van der Waals surface area contributed by atoms with E-state index in [1.807, 2.05) is 24.3 Å². The standard InChI is InChI=1S/C12H11N3O2/c1-15-12(11(7-14-15)13-8-16)9-4-3-5-10(6-9)17-2/h3-7H,1-2H3. The lowest BCUT2D eigenvalue weighted by atomic mass is 10.1. The predicted octanol–water partition coefficient (Wildman–Crippen LogP) is 2.06. The van der Waals surface area contributed by atoms with Crippen molar-refractivity contribution in [3.05, 3.63) is 30.5 Å². The Balaban J connectivity index is 2.58. The predicted molar refractivity (Wildman–Crippen MR) is 63.0 cm³/mol. The van der Waals surface area contributed by atoms with Crippen LogP contribution in [0, 0.1) is 0 Å². The molecule has 5 heteroatoms. The molecule has 0 N–H and O–H groups in total. The number of hydrogen-bond acceptors (Lipinski definition) is 4. The van der Waals surface area contributed by atoms with Crippen LogP contribution in [0.5, 0.6) is 5.75 Å². The molecule has 0 atom stereocenters. The van der Waals surface area contributed by atoms with Crippen molar-refractivity contribution in [2.24, 2.45) is 12.0 Å². The smallest absolute Gasteiger partial charge is 0.240 e. The Labute approximate surface area is 98.4 Å². The van der Waals surface area contributed by atoms with Gasteiger partial charge in [-0.05, 0) is 12.1 Å². The van der Waals surface area contributed by atoms with E-state index in [0.717, 1.165) is 17.0 Å². The average Bonchev–Trinajstić information content (AvgIpc) is 2.71. The summed E-state index contributed by atoms with van der Waals surface area (Å²) in [7, 11) is 3.39. The molecule has 0 aliphatic heterocycles. The third kappa shape index (κ3) is 2.09. The van der Waals surface area contributed by atoms with Crippen LogP contribution in [0.4, 0.5) is 5.69 Å². The van der Waals surface area contributed by atoms with Crippen molar-refractivity contribution >= 4 is 11.8 Å². The first-order chi connectivity index (χ1) is 8.26. The Morgan fingerprint density at radius 3 is 3.00 bits per heavy atom. The second-order valence-electron chi connectivity index (χ2n) is 3.44. The normalized spacial score (nSPS) is 9.76. The summed E-state index contributed by atoms with van der Waals surface area (Å²) in [5, 5.41) is 4.07. The van der Waals surface area contributed by atoms with Crippen molar-refractivity contribution in [3.8, 4) is 17.0 Å². The fourth-order valence-corrected chi connectivity index (χ4v) is 1.66. The third-order valence-corrected chi connectivity index (χ3v) is 2.43. The molecule has 17 heavy (non-hydrogen) atoms. The van der Waals surface area contributed by atoms with Crippen LogP contribution in [0.15, 0.2) is 35.5 Å². The van der Waals surface area contributed by atoms with E-state index in [4.69, 9.17) is 4.74 Å². The molecule has 0 aliphatic carbocycles. The highest BCUT2D eigenvalue weighted by molar-refractivity contribution is 5.74. The number of rotatable bonds is 3. The number of methoxy groups -OCH3 is 1. The summed E-state index contributed by atoms with van der Waals surface area (Å²) in [6, 6.07) is 7.49. The van der Waals surface area contributed by atoms with Crippen LogP contribution in [0.3, 0.4) is 0 Å². The summed E-state index contributed by atoms with van der Waals surface area (Å²) in [5.41, 5.74) is 2.14. The maximum Gasteiger partial charge on any atom is 0.240 e. The lowest BCUT2D eigenvalue weighted by Gasteiger charge is -2.05. The summed E-state index contributed by atoms with van der Waals surface area (Å²) in [6.07, 6.45) is 3.05. The highest BCUT2D eigenvalue weighted by Gasteiger charge is 2.10. The number of isocyanates is 1. The van der Waals surface area contributed by atoms with Crippen LogP contribution in [-0.4, -0.2) is 23.0 Å². The molecule has 86 valence electrons. The highest BCUT2D eigenvalue weighted by atomic mass is 16.5. The van der Waals surface area contributed by atoms with Crippen LogP contribution < -0.4 is 4.74 Å². The Hall–Kier alpha value is -2.39. The van der Waals surface area contributed by atoms with Crippen molar-refractivity contribution in [1.29, 1.82) is 0 Å². The molecule has 1 aromatic carbocycles. The molecular formula is C12H11N3O2. The van der Waals surface area contributed by atoms with Crippen LogP contribution in [0.1, 0.15) is 0 Å². The summed E-state index contributed by atoms with van der Waals surface area (Å²) in [6.45, 7) is 0. The topological polar surface area (TPSA) is 56.5 Å². The van der Waals surface area contributed by atoms with Crippen molar-refractivity contribution in [1.82, 2.24) is 9.78 Å². The van der Waals surface area contributed by atoms with Crippen molar-refractivity contribution in [3.63, 3.8) is 0 Å². The first kappa shape index (κ1) is 11.1.